The number of alkyl carbamates (subject to hydrolysis) is 1. The van der Waals surface area contributed by atoms with Crippen LogP contribution in [0.1, 0.15) is 17.2 Å². The van der Waals surface area contributed by atoms with Gasteiger partial charge in [-0.25, -0.2) is 14.6 Å². The molecule has 0 bridgehead atoms. The zero-order valence-corrected chi connectivity index (χ0v) is 23.2. The molecule has 2 heterocycles. The zero-order chi connectivity index (χ0) is 29.1. The first kappa shape index (κ1) is 28.7. The first-order valence-corrected chi connectivity index (χ1v) is 13.6. The van der Waals surface area contributed by atoms with E-state index in [4.69, 9.17) is 18.6 Å². The summed E-state index contributed by atoms with van der Waals surface area (Å²) in [5, 5.41) is 8.45. The highest BCUT2D eigenvalue weighted by atomic mass is 16.6. The van der Waals surface area contributed by atoms with Gasteiger partial charge in [0.15, 0.2) is 12.2 Å². The van der Waals surface area contributed by atoms with Crippen molar-refractivity contribution in [2.45, 2.75) is 12.6 Å². The number of methoxy groups -OCH3 is 1. The summed E-state index contributed by atoms with van der Waals surface area (Å²) in [5.41, 5.74) is 3.56. The summed E-state index contributed by atoms with van der Waals surface area (Å²) in [4.78, 5) is 31.6. The third-order valence-electron chi connectivity index (χ3n) is 6.73. The number of nitrogens with one attached hydrogen (secondary N) is 3. The molecule has 0 unspecified atom stereocenters. The number of anilines is 2. The van der Waals surface area contributed by atoms with E-state index < -0.39 is 18.2 Å². The lowest BCUT2D eigenvalue weighted by Gasteiger charge is -2.30. The molecule has 11 nitrogen and oxygen atoms in total. The minimum atomic E-state index is -0.518. The summed E-state index contributed by atoms with van der Waals surface area (Å²) in [6, 6.07) is 21.7. The molecule has 0 radical (unpaired) electrons. The third-order valence-corrected chi connectivity index (χ3v) is 6.73. The number of nitrogens with zero attached hydrogens (tertiary/aromatic N) is 2. The first-order valence-electron chi connectivity index (χ1n) is 13.6. The van der Waals surface area contributed by atoms with Crippen LogP contribution in [-0.4, -0.2) is 62.0 Å². The molecule has 3 amide bonds. The van der Waals surface area contributed by atoms with Crippen molar-refractivity contribution in [2.24, 2.45) is 0 Å². The molecule has 11 heteroatoms. The van der Waals surface area contributed by atoms with Crippen LogP contribution in [0.4, 0.5) is 21.0 Å². The van der Waals surface area contributed by atoms with Crippen LogP contribution >= 0.6 is 0 Å². The minimum absolute atomic E-state index is 0.231. The van der Waals surface area contributed by atoms with Crippen molar-refractivity contribution in [3.05, 3.63) is 96.5 Å². The van der Waals surface area contributed by atoms with Gasteiger partial charge in [-0.05, 0) is 35.4 Å². The number of amides is 3. The smallest absolute Gasteiger partial charge is 0.408 e. The summed E-state index contributed by atoms with van der Waals surface area (Å²) in [5.74, 6) is 1.09. The maximum absolute atomic E-state index is 12.8. The van der Waals surface area contributed by atoms with Crippen molar-refractivity contribution in [1.29, 1.82) is 0 Å². The van der Waals surface area contributed by atoms with E-state index in [9.17, 15) is 9.59 Å². The highest BCUT2D eigenvalue weighted by molar-refractivity contribution is 6.00. The van der Waals surface area contributed by atoms with Crippen molar-refractivity contribution in [3.8, 4) is 17.1 Å². The van der Waals surface area contributed by atoms with Gasteiger partial charge in [-0.15, -0.1) is 0 Å². The van der Waals surface area contributed by atoms with E-state index in [1.165, 1.54) is 6.39 Å². The number of rotatable bonds is 10. The molecule has 1 atom stereocenters. The number of urea groups is 1. The molecule has 0 aliphatic carbocycles. The lowest BCUT2D eigenvalue weighted by molar-refractivity contribution is 0.00821. The standard InChI is InChI=1S/C31H33N5O6/c1-39-27-17-25(10-11-26(27)28-19-32-21-41-28)35-30(37)34-24-9-5-6-22(16-24)18-33-31(38)42-29(23-7-3-2-4-8-23)20-36-12-14-40-15-13-36/h2-11,16-17,19,21,29H,12-15,18,20H2,1H3,(H,33,38)(H2,34,35,37)/t29-/m1/s1. The highest BCUT2D eigenvalue weighted by Gasteiger charge is 2.22. The fourth-order valence-electron chi connectivity index (χ4n) is 4.62. The van der Waals surface area contributed by atoms with Gasteiger partial charge in [-0.1, -0.05) is 42.5 Å². The number of benzene rings is 3. The van der Waals surface area contributed by atoms with Crippen molar-refractivity contribution in [1.82, 2.24) is 15.2 Å². The van der Waals surface area contributed by atoms with Crippen molar-refractivity contribution in [2.75, 3.05) is 50.6 Å². The van der Waals surface area contributed by atoms with Gasteiger partial charge >= 0.3 is 12.1 Å². The topological polar surface area (TPSA) is 127 Å². The van der Waals surface area contributed by atoms with Crippen molar-refractivity contribution >= 4 is 23.5 Å². The third kappa shape index (κ3) is 7.87. The van der Waals surface area contributed by atoms with E-state index in [0.29, 0.717) is 42.6 Å². The molecule has 3 N–H and O–H groups in total. The van der Waals surface area contributed by atoms with Crippen LogP contribution in [0.5, 0.6) is 5.75 Å². The molecule has 1 aromatic heterocycles. The number of carbonyl (C=O) groups is 2. The van der Waals surface area contributed by atoms with E-state index in [1.807, 2.05) is 36.4 Å². The Morgan fingerprint density at radius 1 is 0.976 bits per heavy atom. The second-order valence-electron chi connectivity index (χ2n) is 9.63. The van der Waals surface area contributed by atoms with E-state index >= 15 is 0 Å². The van der Waals surface area contributed by atoms with E-state index in [-0.39, 0.29) is 6.54 Å². The van der Waals surface area contributed by atoms with Crippen LogP contribution < -0.4 is 20.7 Å². The van der Waals surface area contributed by atoms with Crippen LogP contribution in [0.3, 0.4) is 0 Å². The Morgan fingerprint density at radius 3 is 2.50 bits per heavy atom. The monoisotopic (exact) mass is 571 g/mol. The van der Waals surface area contributed by atoms with Gasteiger partial charge in [0.05, 0.1) is 32.1 Å². The van der Waals surface area contributed by atoms with Gasteiger partial charge in [-0.3, -0.25) is 4.90 Å². The van der Waals surface area contributed by atoms with Gasteiger partial charge in [0.1, 0.15) is 11.9 Å². The quantitative estimate of drug-likeness (QED) is 0.234. The molecule has 5 rings (SSSR count). The lowest BCUT2D eigenvalue weighted by Crippen LogP contribution is -2.40. The number of aromatic nitrogens is 1. The fraction of sp³-hybridized carbons (Fsp3) is 0.258. The maximum Gasteiger partial charge on any atom is 0.408 e. The second kappa shape index (κ2) is 14.2. The molecule has 0 saturated carbocycles. The largest absolute Gasteiger partial charge is 0.496 e. The summed E-state index contributed by atoms with van der Waals surface area (Å²) >= 11 is 0. The Kier molecular flexibility index (Phi) is 9.65. The number of morpholine rings is 1. The molecule has 218 valence electrons. The molecule has 4 aromatic rings. The molecule has 1 aliphatic rings. The van der Waals surface area contributed by atoms with Crippen molar-refractivity contribution in [3.63, 3.8) is 0 Å². The second-order valence-corrected chi connectivity index (χ2v) is 9.63. The first-order chi connectivity index (χ1) is 20.6. The van der Waals surface area contributed by atoms with Gasteiger partial charge in [0.25, 0.3) is 0 Å². The van der Waals surface area contributed by atoms with E-state index in [2.05, 4.69) is 25.8 Å². The molecule has 0 spiro atoms. The Balaban J connectivity index is 1.15. The number of hydrogen-bond acceptors (Lipinski definition) is 8. The van der Waals surface area contributed by atoms with Gasteiger partial charge < -0.3 is 34.6 Å². The van der Waals surface area contributed by atoms with Crippen LogP contribution in [0.25, 0.3) is 11.3 Å². The van der Waals surface area contributed by atoms with Gasteiger partial charge in [0.2, 0.25) is 0 Å². The molecule has 3 aromatic carbocycles. The summed E-state index contributed by atoms with van der Waals surface area (Å²) in [6.45, 7) is 3.74. The number of ether oxygens (including phenoxy) is 3. The number of oxazole rings is 1. The molecule has 1 fully saturated rings. The molecular weight excluding hydrogens is 538 g/mol. The summed E-state index contributed by atoms with van der Waals surface area (Å²) in [7, 11) is 1.54. The Morgan fingerprint density at radius 2 is 1.76 bits per heavy atom. The van der Waals surface area contributed by atoms with E-state index in [0.717, 1.165) is 29.8 Å². The maximum atomic E-state index is 12.8. The Labute approximate surface area is 243 Å². The van der Waals surface area contributed by atoms with Crippen LogP contribution in [0, 0.1) is 0 Å². The van der Waals surface area contributed by atoms with Gasteiger partial charge in [-0.2, -0.15) is 0 Å². The van der Waals surface area contributed by atoms with Crippen LogP contribution in [-0.2, 0) is 16.0 Å². The molecule has 42 heavy (non-hydrogen) atoms. The molecule has 1 aliphatic heterocycles. The normalized spacial score (nSPS) is 14.0. The fourth-order valence-corrected chi connectivity index (χ4v) is 4.62. The average Bonchev–Trinajstić information content (AvgIpc) is 3.56. The minimum Gasteiger partial charge on any atom is -0.496 e. The summed E-state index contributed by atoms with van der Waals surface area (Å²) < 4.78 is 22.1. The summed E-state index contributed by atoms with van der Waals surface area (Å²) in [6.07, 6.45) is 2.00. The van der Waals surface area contributed by atoms with Crippen molar-refractivity contribution < 1.29 is 28.2 Å². The van der Waals surface area contributed by atoms with Gasteiger partial charge in [0, 0.05) is 43.6 Å². The number of carbonyl (C=O) groups excluding carboxylic acids is 2. The zero-order valence-electron chi connectivity index (χ0n) is 23.2. The predicted molar refractivity (Wildman–Crippen MR) is 157 cm³/mol. The van der Waals surface area contributed by atoms with Crippen LogP contribution in [0.2, 0.25) is 0 Å². The average molecular weight is 572 g/mol. The number of hydrogen-bond donors (Lipinski definition) is 3. The van der Waals surface area contributed by atoms with E-state index in [1.54, 1.807) is 49.7 Å². The Hall–Kier alpha value is -4.87. The Bertz CT molecular complexity index is 1460. The highest BCUT2D eigenvalue weighted by Crippen LogP contribution is 2.32. The molecule has 1 saturated heterocycles. The molecular formula is C31H33N5O6. The lowest BCUT2D eigenvalue weighted by atomic mass is 10.1. The SMILES string of the molecule is COc1cc(NC(=O)Nc2cccc(CNC(=O)O[C@H](CN3CCOCC3)c3ccccc3)c2)ccc1-c1cnco1. The van der Waals surface area contributed by atoms with Crippen LogP contribution in [0.15, 0.2) is 89.8 Å². The predicted octanol–water partition coefficient (Wildman–Crippen LogP) is 5.29.